The topological polar surface area (TPSA) is 42.0 Å². The maximum Gasteiger partial charge on any atom is 0.253 e. The highest BCUT2D eigenvalue weighted by Crippen LogP contribution is 2.06. The van der Waals surface area contributed by atoms with E-state index < -0.39 is 5.95 Å². The zero-order valence-corrected chi connectivity index (χ0v) is 11.1. The van der Waals surface area contributed by atoms with Crippen LogP contribution < -0.4 is 5.32 Å². The predicted octanol–water partition coefficient (Wildman–Crippen LogP) is 3.31. The van der Waals surface area contributed by atoms with E-state index in [9.17, 15) is 9.18 Å². The maximum atomic E-state index is 12.6. The van der Waals surface area contributed by atoms with E-state index >= 15 is 0 Å². The van der Waals surface area contributed by atoms with Gasteiger partial charge >= 0.3 is 0 Å². The van der Waals surface area contributed by atoms with E-state index in [1.165, 1.54) is 37.6 Å². The molecule has 1 rings (SSSR count). The van der Waals surface area contributed by atoms with Crippen molar-refractivity contribution < 1.29 is 9.18 Å². The fourth-order valence-electron chi connectivity index (χ4n) is 1.77. The van der Waals surface area contributed by atoms with Gasteiger partial charge in [0.05, 0.1) is 5.56 Å². The van der Waals surface area contributed by atoms with Gasteiger partial charge in [0, 0.05) is 12.2 Å². The fraction of sp³-hybridized carbons (Fsp3) is 0.571. The lowest BCUT2D eigenvalue weighted by Crippen LogP contribution is -2.32. The molecule has 1 aromatic heterocycles. The summed E-state index contributed by atoms with van der Waals surface area (Å²) in [7, 11) is 0. The van der Waals surface area contributed by atoms with E-state index in [0.29, 0.717) is 5.56 Å². The van der Waals surface area contributed by atoms with Crippen molar-refractivity contribution in [2.45, 2.75) is 52.0 Å². The van der Waals surface area contributed by atoms with Gasteiger partial charge in [-0.2, -0.15) is 4.39 Å². The van der Waals surface area contributed by atoms with Gasteiger partial charge in [0.25, 0.3) is 5.91 Å². The molecule has 0 radical (unpaired) electrons. The van der Waals surface area contributed by atoms with Crippen LogP contribution in [0.1, 0.15) is 56.3 Å². The van der Waals surface area contributed by atoms with E-state index in [4.69, 9.17) is 0 Å². The van der Waals surface area contributed by atoms with Crippen molar-refractivity contribution in [3.8, 4) is 0 Å². The molecule has 0 aliphatic heterocycles. The van der Waals surface area contributed by atoms with E-state index in [1.807, 2.05) is 6.92 Å². The van der Waals surface area contributed by atoms with Crippen LogP contribution in [-0.2, 0) is 0 Å². The Bertz CT molecular complexity index is 365. The highest BCUT2D eigenvalue weighted by atomic mass is 19.1. The second-order valence-corrected chi connectivity index (χ2v) is 4.59. The number of nitrogens with one attached hydrogen (secondary N) is 1. The number of hydrogen-bond acceptors (Lipinski definition) is 2. The molecule has 1 unspecified atom stereocenters. The molecule has 1 heterocycles. The number of carbonyl (C=O) groups is 1. The average molecular weight is 252 g/mol. The van der Waals surface area contributed by atoms with Gasteiger partial charge in [0.1, 0.15) is 0 Å². The number of carbonyl (C=O) groups excluding carboxylic acids is 1. The van der Waals surface area contributed by atoms with Crippen molar-refractivity contribution in [2.24, 2.45) is 0 Å². The predicted molar refractivity (Wildman–Crippen MR) is 69.9 cm³/mol. The number of amides is 1. The zero-order valence-electron chi connectivity index (χ0n) is 11.1. The summed E-state index contributed by atoms with van der Waals surface area (Å²) in [5, 5.41) is 2.89. The molecule has 1 atom stereocenters. The Labute approximate surface area is 108 Å². The minimum Gasteiger partial charge on any atom is -0.350 e. The number of rotatable bonds is 7. The summed E-state index contributed by atoms with van der Waals surface area (Å²) in [6, 6.07) is 2.78. The van der Waals surface area contributed by atoms with Crippen LogP contribution in [-0.4, -0.2) is 16.9 Å². The number of aromatic nitrogens is 1. The standard InChI is InChI=1S/C14H21FN2O/c1-3-4-5-6-7-11(2)17-14(18)12-8-9-13(15)16-10-12/h8-11H,3-7H2,1-2H3,(H,17,18). The van der Waals surface area contributed by atoms with E-state index in [0.717, 1.165) is 12.8 Å². The van der Waals surface area contributed by atoms with Crippen molar-refractivity contribution in [3.05, 3.63) is 29.8 Å². The van der Waals surface area contributed by atoms with E-state index in [1.54, 1.807) is 0 Å². The first kappa shape index (κ1) is 14.6. The molecule has 0 aliphatic rings. The molecule has 1 aromatic rings. The molecule has 3 nitrogen and oxygen atoms in total. The lowest BCUT2D eigenvalue weighted by atomic mass is 10.1. The summed E-state index contributed by atoms with van der Waals surface area (Å²) in [6.07, 6.45) is 7.01. The van der Waals surface area contributed by atoms with Crippen LogP contribution in [0, 0.1) is 5.95 Å². The molecule has 0 aliphatic carbocycles. The average Bonchev–Trinajstić information content (AvgIpc) is 2.35. The third-order valence-electron chi connectivity index (χ3n) is 2.86. The smallest absolute Gasteiger partial charge is 0.253 e. The molecule has 0 saturated heterocycles. The second kappa shape index (κ2) is 7.80. The first-order valence-electron chi connectivity index (χ1n) is 6.56. The number of pyridine rings is 1. The second-order valence-electron chi connectivity index (χ2n) is 4.59. The van der Waals surface area contributed by atoms with Crippen molar-refractivity contribution in [3.63, 3.8) is 0 Å². The molecular formula is C14H21FN2O. The number of nitrogens with zero attached hydrogens (tertiary/aromatic N) is 1. The molecule has 0 saturated carbocycles. The largest absolute Gasteiger partial charge is 0.350 e. The first-order chi connectivity index (χ1) is 8.63. The van der Waals surface area contributed by atoms with Gasteiger partial charge in [-0.05, 0) is 25.5 Å². The normalized spacial score (nSPS) is 12.2. The highest BCUT2D eigenvalue weighted by Gasteiger charge is 2.09. The van der Waals surface area contributed by atoms with Gasteiger partial charge in [-0.1, -0.05) is 32.6 Å². The molecule has 18 heavy (non-hydrogen) atoms. The van der Waals surface area contributed by atoms with Gasteiger partial charge in [-0.15, -0.1) is 0 Å². The summed E-state index contributed by atoms with van der Waals surface area (Å²) < 4.78 is 12.6. The van der Waals surface area contributed by atoms with Gasteiger partial charge in [-0.3, -0.25) is 4.79 Å². The van der Waals surface area contributed by atoms with Crippen LogP contribution in [0.25, 0.3) is 0 Å². The zero-order chi connectivity index (χ0) is 13.4. The van der Waals surface area contributed by atoms with Crippen LogP contribution in [0.5, 0.6) is 0 Å². The van der Waals surface area contributed by atoms with E-state index in [-0.39, 0.29) is 11.9 Å². The van der Waals surface area contributed by atoms with Crippen molar-refractivity contribution in [1.29, 1.82) is 0 Å². The SMILES string of the molecule is CCCCCCC(C)NC(=O)c1ccc(F)nc1. The third-order valence-corrected chi connectivity index (χ3v) is 2.86. The van der Waals surface area contributed by atoms with Crippen molar-refractivity contribution in [2.75, 3.05) is 0 Å². The van der Waals surface area contributed by atoms with Gasteiger partial charge in [-0.25, -0.2) is 4.98 Å². The number of hydrogen-bond donors (Lipinski definition) is 1. The molecule has 0 spiro atoms. The minimum atomic E-state index is -0.570. The quantitative estimate of drug-likeness (QED) is 0.597. The Morgan fingerprint density at radius 3 is 2.78 bits per heavy atom. The summed E-state index contributed by atoms with van der Waals surface area (Å²) in [5.74, 6) is -0.760. The molecule has 0 aromatic carbocycles. The molecular weight excluding hydrogens is 231 g/mol. The number of halogens is 1. The Hall–Kier alpha value is -1.45. The van der Waals surface area contributed by atoms with Crippen molar-refractivity contribution >= 4 is 5.91 Å². The highest BCUT2D eigenvalue weighted by molar-refractivity contribution is 5.93. The summed E-state index contributed by atoms with van der Waals surface area (Å²) >= 11 is 0. The van der Waals surface area contributed by atoms with Gasteiger partial charge in [0.2, 0.25) is 5.95 Å². The molecule has 100 valence electrons. The molecule has 0 fully saturated rings. The Morgan fingerprint density at radius 1 is 1.39 bits per heavy atom. The van der Waals surface area contributed by atoms with Crippen LogP contribution in [0.4, 0.5) is 4.39 Å². The van der Waals surface area contributed by atoms with Crippen LogP contribution in [0.15, 0.2) is 18.3 Å². The Morgan fingerprint density at radius 2 is 2.17 bits per heavy atom. The van der Waals surface area contributed by atoms with Gasteiger partial charge < -0.3 is 5.32 Å². The number of unbranched alkanes of at least 4 members (excludes halogenated alkanes) is 3. The third kappa shape index (κ3) is 5.25. The molecule has 4 heteroatoms. The van der Waals surface area contributed by atoms with Crippen LogP contribution >= 0.6 is 0 Å². The Kier molecular flexibility index (Phi) is 6.33. The molecule has 1 amide bonds. The minimum absolute atomic E-state index is 0.138. The maximum absolute atomic E-state index is 12.6. The molecule has 0 bridgehead atoms. The van der Waals surface area contributed by atoms with Crippen molar-refractivity contribution in [1.82, 2.24) is 10.3 Å². The first-order valence-corrected chi connectivity index (χ1v) is 6.56. The summed E-state index contributed by atoms with van der Waals surface area (Å²) in [5.41, 5.74) is 0.400. The molecule has 1 N–H and O–H groups in total. The van der Waals surface area contributed by atoms with Gasteiger partial charge in [0.15, 0.2) is 0 Å². The summed E-state index contributed by atoms with van der Waals surface area (Å²) in [6.45, 7) is 4.16. The van der Waals surface area contributed by atoms with Crippen LogP contribution in [0.2, 0.25) is 0 Å². The Balaban J connectivity index is 2.33. The summed E-state index contributed by atoms with van der Waals surface area (Å²) in [4.78, 5) is 15.2. The van der Waals surface area contributed by atoms with E-state index in [2.05, 4.69) is 17.2 Å². The fourth-order valence-corrected chi connectivity index (χ4v) is 1.77. The lowest BCUT2D eigenvalue weighted by Gasteiger charge is -2.13. The lowest BCUT2D eigenvalue weighted by molar-refractivity contribution is 0.0937. The van der Waals surface area contributed by atoms with Crippen LogP contribution in [0.3, 0.4) is 0 Å². The monoisotopic (exact) mass is 252 g/mol.